The van der Waals surface area contributed by atoms with Gasteiger partial charge in [-0.25, -0.2) is 8.42 Å². The smallest absolute Gasteiger partial charge is 0.235 e. The molecule has 0 radical (unpaired) electrons. The number of aliphatic hydroxyl groups is 1. The molecule has 9 heteroatoms. The minimum Gasteiger partial charge on any atom is -0.395 e. The summed E-state index contributed by atoms with van der Waals surface area (Å²) < 4.78 is 24.5. The Bertz CT molecular complexity index is 607. The summed E-state index contributed by atoms with van der Waals surface area (Å²) in [5, 5.41) is 11.7. The average molecular weight is 355 g/mol. The molecule has 0 fully saturated rings. The van der Waals surface area contributed by atoms with Gasteiger partial charge in [-0.2, -0.15) is 4.31 Å². The van der Waals surface area contributed by atoms with Gasteiger partial charge in [0.2, 0.25) is 15.9 Å². The van der Waals surface area contributed by atoms with Gasteiger partial charge in [0, 0.05) is 13.1 Å². The van der Waals surface area contributed by atoms with Gasteiger partial charge in [-0.1, -0.05) is 29.3 Å². The first kappa shape index (κ1) is 18.2. The Kier molecular flexibility index (Phi) is 6.89. The van der Waals surface area contributed by atoms with Gasteiger partial charge in [0.1, 0.15) is 0 Å². The largest absolute Gasteiger partial charge is 0.395 e. The number of nitrogens with zero attached hydrogens (tertiary/aromatic N) is 1. The van der Waals surface area contributed by atoms with Crippen LogP contribution < -0.4 is 5.32 Å². The van der Waals surface area contributed by atoms with Crippen molar-refractivity contribution >= 4 is 39.1 Å². The van der Waals surface area contributed by atoms with Crippen molar-refractivity contribution in [1.82, 2.24) is 9.62 Å². The number of benzene rings is 1. The van der Waals surface area contributed by atoms with E-state index in [2.05, 4.69) is 5.32 Å². The molecular formula is C12H16Cl2N2O4S. The predicted molar refractivity (Wildman–Crippen MR) is 81.8 cm³/mol. The Balaban J connectivity index is 2.84. The second kappa shape index (κ2) is 7.95. The van der Waals surface area contributed by atoms with E-state index in [0.717, 1.165) is 10.6 Å². The highest BCUT2D eigenvalue weighted by molar-refractivity contribution is 7.88. The van der Waals surface area contributed by atoms with Gasteiger partial charge in [-0.3, -0.25) is 4.79 Å². The van der Waals surface area contributed by atoms with E-state index in [0.29, 0.717) is 15.6 Å². The topological polar surface area (TPSA) is 86.7 Å². The van der Waals surface area contributed by atoms with Gasteiger partial charge < -0.3 is 10.4 Å². The minimum atomic E-state index is -3.57. The molecule has 0 saturated heterocycles. The number of aliphatic hydroxyl groups excluding tert-OH is 1. The summed E-state index contributed by atoms with van der Waals surface area (Å²) in [6, 6.07) is 4.75. The maximum atomic E-state index is 11.7. The average Bonchev–Trinajstić information content (AvgIpc) is 2.38. The molecule has 0 spiro atoms. The number of hydrogen-bond donors (Lipinski definition) is 2. The first-order chi connectivity index (χ1) is 9.74. The van der Waals surface area contributed by atoms with Crippen molar-refractivity contribution in [3.05, 3.63) is 33.8 Å². The van der Waals surface area contributed by atoms with E-state index in [9.17, 15) is 13.2 Å². The highest BCUT2D eigenvalue weighted by Gasteiger charge is 2.20. The van der Waals surface area contributed by atoms with Gasteiger partial charge >= 0.3 is 0 Å². The SMILES string of the molecule is CS(=O)(=O)N(CC(=O)NCCO)Cc1ccc(Cl)c(Cl)c1. The quantitative estimate of drug-likeness (QED) is 0.760. The van der Waals surface area contributed by atoms with Crippen LogP contribution in [-0.2, 0) is 21.4 Å². The van der Waals surface area contributed by atoms with Crippen molar-refractivity contribution in [3.8, 4) is 0 Å². The van der Waals surface area contributed by atoms with Crippen LogP contribution in [0.25, 0.3) is 0 Å². The van der Waals surface area contributed by atoms with Crippen molar-refractivity contribution in [2.45, 2.75) is 6.54 Å². The maximum absolute atomic E-state index is 11.7. The van der Waals surface area contributed by atoms with Crippen molar-refractivity contribution in [3.63, 3.8) is 0 Å². The molecule has 1 amide bonds. The Morgan fingerprint density at radius 3 is 2.52 bits per heavy atom. The van der Waals surface area contributed by atoms with Gasteiger partial charge in [-0.05, 0) is 17.7 Å². The summed E-state index contributed by atoms with van der Waals surface area (Å²) in [5.74, 6) is -0.491. The molecule has 0 atom stereocenters. The van der Waals surface area contributed by atoms with Gasteiger partial charge in [0.05, 0.1) is 29.5 Å². The lowest BCUT2D eigenvalue weighted by Gasteiger charge is -2.19. The fourth-order valence-corrected chi connectivity index (χ4v) is 2.60. The van der Waals surface area contributed by atoms with Crippen LogP contribution in [0.15, 0.2) is 18.2 Å². The third-order valence-corrected chi connectivity index (χ3v) is 4.50. The fourth-order valence-electron chi connectivity index (χ4n) is 1.54. The Labute approximate surface area is 133 Å². The summed E-state index contributed by atoms with van der Waals surface area (Å²) >= 11 is 11.7. The van der Waals surface area contributed by atoms with E-state index in [1.807, 2.05) is 0 Å². The minimum absolute atomic E-state index is 0.00225. The third-order valence-electron chi connectivity index (χ3n) is 2.57. The predicted octanol–water partition coefficient (Wildman–Crippen LogP) is 0.864. The molecule has 118 valence electrons. The van der Waals surface area contributed by atoms with Gasteiger partial charge in [0.25, 0.3) is 0 Å². The summed E-state index contributed by atoms with van der Waals surface area (Å²) in [4.78, 5) is 11.6. The summed E-state index contributed by atoms with van der Waals surface area (Å²) in [7, 11) is -3.57. The number of amides is 1. The van der Waals surface area contributed by atoms with Crippen molar-refractivity contribution in [2.75, 3.05) is 26.0 Å². The first-order valence-electron chi connectivity index (χ1n) is 6.00. The molecule has 2 N–H and O–H groups in total. The molecular weight excluding hydrogens is 339 g/mol. The van der Waals surface area contributed by atoms with Crippen LogP contribution in [0.3, 0.4) is 0 Å². The molecule has 0 unspecified atom stereocenters. The summed E-state index contributed by atoms with van der Waals surface area (Å²) in [5.41, 5.74) is 0.616. The van der Waals surface area contributed by atoms with Crippen LogP contribution in [0.5, 0.6) is 0 Å². The summed E-state index contributed by atoms with van der Waals surface area (Å²) in [6.07, 6.45) is 1.02. The summed E-state index contributed by atoms with van der Waals surface area (Å²) in [6.45, 7) is -0.470. The molecule has 1 aromatic carbocycles. The number of halogens is 2. The Hall–Kier alpha value is -0.860. The highest BCUT2D eigenvalue weighted by atomic mass is 35.5. The van der Waals surface area contributed by atoms with Gasteiger partial charge in [-0.15, -0.1) is 0 Å². The van der Waals surface area contributed by atoms with Crippen LogP contribution in [0.1, 0.15) is 5.56 Å². The maximum Gasteiger partial charge on any atom is 0.235 e. The van der Waals surface area contributed by atoms with E-state index in [-0.39, 0.29) is 26.2 Å². The van der Waals surface area contributed by atoms with E-state index in [1.54, 1.807) is 18.2 Å². The molecule has 0 heterocycles. The Morgan fingerprint density at radius 2 is 2.00 bits per heavy atom. The lowest BCUT2D eigenvalue weighted by Crippen LogP contribution is -2.40. The van der Waals surface area contributed by atoms with Gasteiger partial charge in [0.15, 0.2) is 0 Å². The molecule has 0 saturated carbocycles. The first-order valence-corrected chi connectivity index (χ1v) is 8.61. The Morgan fingerprint density at radius 1 is 1.33 bits per heavy atom. The highest BCUT2D eigenvalue weighted by Crippen LogP contribution is 2.23. The lowest BCUT2D eigenvalue weighted by molar-refractivity contribution is -0.121. The van der Waals surface area contributed by atoms with Crippen LogP contribution >= 0.6 is 23.2 Å². The molecule has 1 rings (SSSR count). The molecule has 0 aromatic heterocycles. The second-order valence-electron chi connectivity index (χ2n) is 4.35. The van der Waals surface area contributed by atoms with Crippen molar-refractivity contribution < 1.29 is 18.3 Å². The van der Waals surface area contributed by atoms with E-state index >= 15 is 0 Å². The van der Waals surface area contributed by atoms with E-state index in [1.165, 1.54) is 0 Å². The van der Waals surface area contributed by atoms with Crippen LogP contribution in [-0.4, -0.2) is 49.7 Å². The molecule has 0 aliphatic rings. The van der Waals surface area contributed by atoms with Crippen LogP contribution in [0, 0.1) is 0 Å². The van der Waals surface area contributed by atoms with Crippen molar-refractivity contribution in [2.24, 2.45) is 0 Å². The molecule has 6 nitrogen and oxygen atoms in total. The number of carbonyl (C=O) groups is 1. The lowest BCUT2D eigenvalue weighted by atomic mass is 10.2. The van der Waals surface area contributed by atoms with Crippen molar-refractivity contribution in [1.29, 1.82) is 0 Å². The number of rotatable bonds is 7. The van der Waals surface area contributed by atoms with E-state index in [4.69, 9.17) is 28.3 Å². The molecule has 1 aromatic rings. The molecule has 0 aliphatic carbocycles. The number of sulfonamides is 1. The monoisotopic (exact) mass is 354 g/mol. The zero-order chi connectivity index (χ0) is 16.0. The van der Waals surface area contributed by atoms with E-state index < -0.39 is 15.9 Å². The number of hydrogen-bond acceptors (Lipinski definition) is 4. The number of nitrogens with one attached hydrogen (secondary N) is 1. The van der Waals surface area contributed by atoms with Crippen LogP contribution in [0.2, 0.25) is 10.0 Å². The third kappa shape index (κ3) is 6.19. The molecule has 0 aliphatic heterocycles. The van der Waals surface area contributed by atoms with Crippen LogP contribution in [0.4, 0.5) is 0 Å². The normalized spacial score (nSPS) is 11.7. The number of carbonyl (C=O) groups excluding carboxylic acids is 1. The zero-order valence-corrected chi connectivity index (χ0v) is 13.7. The second-order valence-corrected chi connectivity index (χ2v) is 7.15. The standard InChI is InChI=1S/C12H16Cl2N2O4S/c1-21(19,20)16(8-12(18)15-4-5-17)7-9-2-3-10(13)11(14)6-9/h2-3,6,17H,4-5,7-8H2,1H3,(H,15,18). The fraction of sp³-hybridized carbons (Fsp3) is 0.417. The molecule has 0 bridgehead atoms. The zero-order valence-electron chi connectivity index (χ0n) is 11.3. The molecule has 21 heavy (non-hydrogen) atoms.